The molecule has 43 heavy (non-hydrogen) atoms. The minimum Gasteiger partial charge on any atom is -0.487 e. The molecule has 1 saturated carbocycles. The van der Waals surface area contributed by atoms with Crippen molar-refractivity contribution in [3.8, 4) is 16.9 Å². The molecule has 1 atom stereocenters. The molecule has 0 radical (unpaired) electrons. The van der Waals surface area contributed by atoms with E-state index >= 15 is 0 Å². The molecule has 0 saturated heterocycles. The topological polar surface area (TPSA) is 77.2 Å². The van der Waals surface area contributed by atoms with Crippen molar-refractivity contribution in [1.82, 2.24) is 14.5 Å². The predicted molar refractivity (Wildman–Crippen MR) is 166 cm³/mol. The highest BCUT2D eigenvalue weighted by atomic mass is 19.1. The lowest BCUT2D eigenvalue weighted by molar-refractivity contribution is -0.139. The number of hydrogen-bond acceptors (Lipinski definition) is 4. The Hall–Kier alpha value is -5.04. The maximum absolute atomic E-state index is 13.2. The molecular formula is C36H32FN3O3. The van der Waals surface area contributed by atoms with Gasteiger partial charge in [-0.2, -0.15) is 0 Å². The molecule has 0 bridgehead atoms. The van der Waals surface area contributed by atoms with Gasteiger partial charge in [-0.1, -0.05) is 74.5 Å². The van der Waals surface area contributed by atoms with E-state index in [4.69, 9.17) is 9.84 Å². The number of para-hydroxylation sites is 1. The van der Waals surface area contributed by atoms with Crippen molar-refractivity contribution >= 4 is 27.9 Å². The minimum absolute atomic E-state index is 0.0671. The number of ether oxygens (including phenoxy) is 1. The van der Waals surface area contributed by atoms with Crippen molar-refractivity contribution in [2.24, 2.45) is 11.3 Å². The first kappa shape index (κ1) is 28.1. The zero-order valence-corrected chi connectivity index (χ0v) is 24.1. The molecule has 2 aromatic heterocycles. The minimum atomic E-state index is -0.644. The first-order valence-corrected chi connectivity index (χ1v) is 14.3. The number of carboxylic acid groups (broad SMARTS) is 1. The van der Waals surface area contributed by atoms with Gasteiger partial charge in [0.1, 0.15) is 18.2 Å². The van der Waals surface area contributed by atoms with Gasteiger partial charge >= 0.3 is 5.97 Å². The van der Waals surface area contributed by atoms with E-state index in [-0.39, 0.29) is 17.2 Å². The van der Waals surface area contributed by atoms with Crippen molar-refractivity contribution in [3.05, 3.63) is 127 Å². The molecule has 0 amide bonds. The number of pyridine rings is 1. The van der Waals surface area contributed by atoms with Crippen LogP contribution in [0.4, 0.5) is 4.39 Å². The summed E-state index contributed by atoms with van der Waals surface area (Å²) in [6.07, 6.45) is 2.70. The van der Waals surface area contributed by atoms with Gasteiger partial charge in [0, 0.05) is 18.0 Å². The molecule has 2 heterocycles. The summed E-state index contributed by atoms with van der Waals surface area (Å²) in [6, 6.07) is 33.0. The lowest BCUT2D eigenvalue weighted by Crippen LogP contribution is -2.02. The monoisotopic (exact) mass is 573 g/mol. The van der Waals surface area contributed by atoms with Gasteiger partial charge in [-0.15, -0.1) is 0 Å². The van der Waals surface area contributed by atoms with Gasteiger partial charge in [-0.05, 0) is 64.9 Å². The van der Waals surface area contributed by atoms with E-state index in [1.54, 1.807) is 12.1 Å². The summed E-state index contributed by atoms with van der Waals surface area (Å²) in [5.41, 5.74) is 7.10. The number of carbonyl (C=O) groups is 1. The van der Waals surface area contributed by atoms with Gasteiger partial charge in [-0.3, -0.25) is 4.79 Å². The number of halogens is 1. The molecule has 6 aromatic rings. The fourth-order valence-electron chi connectivity index (χ4n) is 5.14. The molecule has 1 aliphatic carbocycles. The Morgan fingerprint density at radius 2 is 1.63 bits per heavy atom. The van der Waals surface area contributed by atoms with E-state index in [2.05, 4.69) is 50.9 Å². The lowest BCUT2D eigenvalue weighted by atomic mass is 10.0. The number of nitrogens with zero attached hydrogens (tertiary/aromatic N) is 3. The van der Waals surface area contributed by atoms with Gasteiger partial charge in [-0.25, -0.2) is 14.4 Å². The SMILES string of the molecule is CC1(C)C[C@@H]1C(=O)O.Fc1ccc(-c2ccc(Cn3cnc4cc(OCc5ccc6ccccc6n5)ccc43)cc2)cc1. The quantitative estimate of drug-likeness (QED) is 0.209. The highest BCUT2D eigenvalue weighted by Crippen LogP contribution is 2.51. The Kier molecular flexibility index (Phi) is 7.63. The number of rotatable bonds is 7. The zero-order chi connectivity index (χ0) is 30.0. The fraction of sp³-hybridized carbons (Fsp3) is 0.194. The second-order valence-corrected chi connectivity index (χ2v) is 11.6. The van der Waals surface area contributed by atoms with E-state index in [9.17, 15) is 9.18 Å². The van der Waals surface area contributed by atoms with E-state index in [1.807, 2.05) is 62.6 Å². The molecule has 0 unspecified atom stereocenters. The molecule has 4 aromatic carbocycles. The van der Waals surface area contributed by atoms with E-state index in [0.717, 1.165) is 56.5 Å². The lowest BCUT2D eigenvalue weighted by Gasteiger charge is -2.09. The summed E-state index contributed by atoms with van der Waals surface area (Å²) >= 11 is 0. The smallest absolute Gasteiger partial charge is 0.307 e. The number of benzene rings is 4. The largest absolute Gasteiger partial charge is 0.487 e. The normalized spacial score (nSPS) is 15.1. The van der Waals surface area contributed by atoms with Crippen LogP contribution in [-0.2, 0) is 17.9 Å². The number of aliphatic carboxylic acids is 1. The van der Waals surface area contributed by atoms with E-state index in [0.29, 0.717) is 13.2 Å². The molecule has 6 nitrogen and oxygen atoms in total. The number of carboxylic acids is 1. The first-order valence-electron chi connectivity index (χ1n) is 14.3. The van der Waals surface area contributed by atoms with Crippen molar-refractivity contribution in [2.75, 3.05) is 0 Å². The summed E-state index contributed by atoms with van der Waals surface area (Å²) in [6.45, 7) is 5.07. The molecule has 0 aliphatic heterocycles. The fourth-order valence-corrected chi connectivity index (χ4v) is 5.14. The van der Waals surface area contributed by atoms with Gasteiger partial charge in [0.15, 0.2) is 0 Å². The van der Waals surface area contributed by atoms with Gasteiger partial charge in [0.05, 0.1) is 34.5 Å². The third kappa shape index (κ3) is 6.56. The van der Waals surface area contributed by atoms with Crippen molar-refractivity contribution in [3.63, 3.8) is 0 Å². The molecule has 216 valence electrons. The second kappa shape index (κ2) is 11.7. The molecular weight excluding hydrogens is 541 g/mol. The standard InChI is InChI=1S/C30H22FN3O.C6H10O2/c31-25-12-9-23(10-13-25)22-7-5-21(6-8-22)18-34-20-32-29-17-27(15-16-30(29)34)35-19-26-14-11-24-3-1-2-4-28(24)33-26;1-6(2)3-4(6)5(7)8/h1-17,20H,18-19H2;4H,3H2,1-2H3,(H,7,8)/t;4-/m.1/s1. The molecule has 1 N–H and O–H groups in total. The van der Waals surface area contributed by atoms with Crippen LogP contribution in [0.15, 0.2) is 109 Å². The Morgan fingerprint density at radius 3 is 2.30 bits per heavy atom. The molecule has 7 rings (SSSR count). The number of aromatic nitrogens is 3. The number of hydrogen-bond donors (Lipinski definition) is 1. The summed E-state index contributed by atoms with van der Waals surface area (Å²) < 4.78 is 21.3. The summed E-state index contributed by atoms with van der Waals surface area (Å²) in [4.78, 5) is 19.4. The van der Waals surface area contributed by atoms with Crippen LogP contribution in [0.5, 0.6) is 5.75 Å². The third-order valence-electron chi connectivity index (χ3n) is 7.93. The van der Waals surface area contributed by atoms with Crippen molar-refractivity contribution < 1.29 is 19.0 Å². The van der Waals surface area contributed by atoms with E-state index < -0.39 is 5.97 Å². The zero-order valence-electron chi connectivity index (χ0n) is 24.1. The highest BCUT2D eigenvalue weighted by Gasteiger charge is 2.50. The highest BCUT2D eigenvalue weighted by molar-refractivity contribution is 5.79. The number of imidazole rings is 1. The molecule has 1 aliphatic rings. The Morgan fingerprint density at radius 1 is 0.930 bits per heavy atom. The molecule has 0 spiro atoms. The van der Waals surface area contributed by atoms with Crippen LogP contribution in [0.25, 0.3) is 33.1 Å². The van der Waals surface area contributed by atoms with Gasteiger partial charge < -0.3 is 14.4 Å². The average Bonchev–Trinajstić information content (AvgIpc) is 3.50. The Balaban J connectivity index is 0.000000359. The first-order chi connectivity index (χ1) is 20.7. The summed E-state index contributed by atoms with van der Waals surface area (Å²) in [5.74, 6) is -0.171. The summed E-state index contributed by atoms with van der Waals surface area (Å²) in [7, 11) is 0. The third-order valence-corrected chi connectivity index (χ3v) is 7.93. The van der Waals surface area contributed by atoms with Crippen molar-refractivity contribution in [1.29, 1.82) is 0 Å². The van der Waals surface area contributed by atoms with Crippen LogP contribution in [0.3, 0.4) is 0 Å². The van der Waals surface area contributed by atoms with Crippen LogP contribution in [0, 0.1) is 17.2 Å². The number of fused-ring (bicyclic) bond motifs is 2. The maximum atomic E-state index is 13.2. The van der Waals surface area contributed by atoms with Crippen molar-refractivity contribution in [2.45, 2.75) is 33.4 Å². The molecule has 7 heteroatoms. The maximum Gasteiger partial charge on any atom is 0.307 e. The van der Waals surface area contributed by atoms with Gasteiger partial charge in [0.25, 0.3) is 0 Å². The van der Waals surface area contributed by atoms with Crippen LogP contribution in [0.2, 0.25) is 0 Å². The second-order valence-electron chi connectivity index (χ2n) is 11.6. The Labute approximate surface area is 249 Å². The van der Waals surface area contributed by atoms with Crippen LogP contribution in [0.1, 0.15) is 31.5 Å². The van der Waals surface area contributed by atoms with Crippen LogP contribution in [-0.4, -0.2) is 25.6 Å². The van der Waals surface area contributed by atoms with Crippen LogP contribution >= 0.6 is 0 Å². The van der Waals surface area contributed by atoms with E-state index in [1.165, 1.54) is 12.1 Å². The Bertz CT molecular complexity index is 1900. The predicted octanol–water partition coefficient (Wildman–Crippen LogP) is 8.14. The molecule has 1 fully saturated rings. The summed E-state index contributed by atoms with van der Waals surface area (Å²) in [5, 5.41) is 9.51. The average molecular weight is 574 g/mol. The van der Waals surface area contributed by atoms with Gasteiger partial charge in [0.2, 0.25) is 0 Å². The van der Waals surface area contributed by atoms with Crippen LogP contribution < -0.4 is 4.74 Å².